The van der Waals surface area contributed by atoms with Gasteiger partial charge < -0.3 is 15.1 Å². The summed E-state index contributed by atoms with van der Waals surface area (Å²) in [7, 11) is 0. The average Bonchev–Trinajstić information content (AvgIpc) is 3.04. The predicted octanol–water partition coefficient (Wildman–Crippen LogP) is 2.82. The maximum absolute atomic E-state index is 12.9. The summed E-state index contributed by atoms with van der Waals surface area (Å²) in [4.78, 5) is 41.2. The summed E-state index contributed by atoms with van der Waals surface area (Å²) in [5.74, 6) is -0.227. The van der Waals surface area contributed by atoms with Crippen LogP contribution in [0.15, 0.2) is 28.7 Å². The second kappa shape index (κ2) is 8.23. The summed E-state index contributed by atoms with van der Waals surface area (Å²) in [6, 6.07) is 7.40. The standard InChI is InChI=1S/C21H28BrN3O3/c1-21(2,3)25-13-14(12-18(25)26)20(28)24-10-8-15(9-11-24)23-19(27)16-6-4-5-7-17(16)22/h4-7,14-15H,8-13H2,1-3H3,(H,23,27). The summed E-state index contributed by atoms with van der Waals surface area (Å²) >= 11 is 3.41. The SMILES string of the molecule is CC(C)(C)N1CC(C(=O)N2CCC(NC(=O)c3ccccc3Br)CC2)CC1=O. The number of hydrogen-bond donors (Lipinski definition) is 1. The fourth-order valence-electron chi connectivity index (χ4n) is 3.93. The zero-order valence-corrected chi connectivity index (χ0v) is 18.3. The lowest BCUT2D eigenvalue weighted by Crippen LogP contribution is -2.49. The summed E-state index contributed by atoms with van der Waals surface area (Å²) < 4.78 is 0.773. The third-order valence-corrected chi connectivity index (χ3v) is 6.24. The van der Waals surface area contributed by atoms with E-state index in [4.69, 9.17) is 0 Å². The molecular weight excluding hydrogens is 422 g/mol. The number of halogens is 1. The minimum absolute atomic E-state index is 0.0555. The normalized spacial score (nSPS) is 21.1. The molecule has 0 saturated carbocycles. The number of rotatable bonds is 3. The smallest absolute Gasteiger partial charge is 0.252 e. The molecule has 0 spiro atoms. The van der Waals surface area contributed by atoms with Crippen molar-refractivity contribution in [3.63, 3.8) is 0 Å². The number of nitrogens with zero attached hydrogens (tertiary/aromatic N) is 2. The number of carbonyl (C=O) groups excluding carboxylic acids is 3. The molecule has 1 N–H and O–H groups in total. The van der Waals surface area contributed by atoms with Gasteiger partial charge in [-0.05, 0) is 61.7 Å². The van der Waals surface area contributed by atoms with Gasteiger partial charge in [0.15, 0.2) is 0 Å². The van der Waals surface area contributed by atoms with Crippen LogP contribution in [0.3, 0.4) is 0 Å². The number of likely N-dealkylation sites (tertiary alicyclic amines) is 2. The summed E-state index contributed by atoms with van der Waals surface area (Å²) in [6.45, 7) is 7.71. The van der Waals surface area contributed by atoms with Crippen molar-refractivity contribution in [2.75, 3.05) is 19.6 Å². The van der Waals surface area contributed by atoms with Crippen LogP contribution in [0.4, 0.5) is 0 Å². The van der Waals surface area contributed by atoms with Crippen LogP contribution in [-0.4, -0.2) is 58.7 Å². The van der Waals surface area contributed by atoms with Gasteiger partial charge in [-0.25, -0.2) is 0 Å². The Balaban J connectivity index is 1.51. The Morgan fingerprint density at radius 3 is 2.36 bits per heavy atom. The van der Waals surface area contributed by atoms with Gasteiger partial charge in [0.05, 0.1) is 11.5 Å². The van der Waals surface area contributed by atoms with Crippen molar-refractivity contribution >= 4 is 33.7 Å². The van der Waals surface area contributed by atoms with Crippen molar-refractivity contribution in [3.8, 4) is 0 Å². The Morgan fingerprint density at radius 2 is 1.79 bits per heavy atom. The molecule has 0 radical (unpaired) electrons. The molecule has 2 fully saturated rings. The second-order valence-electron chi connectivity index (χ2n) is 8.63. The molecule has 0 bridgehead atoms. The monoisotopic (exact) mass is 449 g/mol. The van der Waals surface area contributed by atoms with E-state index >= 15 is 0 Å². The van der Waals surface area contributed by atoms with E-state index in [1.807, 2.05) is 43.9 Å². The molecule has 2 heterocycles. The van der Waals surface area contributed by atoms with Crippen LogP contribution in [0.1, 0.15) is 50.4 Å². The molecule has 6 nitrogen and oxygen atoms in total. The maximum Gasteiger partial charge on any atom is 0.252 e. The lowest BCUT2D eigenvalue weighted by Gasteiger charge is -2.35. The van der Waals surface area contributed by atoms with Gasteiger partial charge in [0.25, 0.3) is 5.91 Å². The molecule has 2 aliphatic heterocycles. The van der Waals surface area contributed by atoms with Crippen LogP contribution in [0.5, 0.6) is 0 Å². The summed E-state index contributed by atoms with van der Waals surface area (Å²) in [5.41, 5.74) is 0.363. The highest BCUT2D eigenvalue weighted by atomic mass is 79.9. The molecule has 2 aliphatic rings. The van der Waals surface area contributed by atoms with E-state index in [9.17, 15) is 14.4 Å². The van der Waals surface area contributed by atoms with Gasteiger partial charge in [-0.1, -0.05) is 12.1 Å². The Kier molecular flexibility index (Phi) is 6.12. The van der Waals surface area contributed by atoms with Gasteiger partial charge in [-0.3, -0.25) is 14.4 Å². The van der Waals surface area contributed by atoms with E-state index in [1.165, 1.54) is 0 Å². The molecular formula is C21H28BrN3O3. The lowest BCUT2D eigenvalue weighted by molar-refractivity contribution is -0.136. The molecule has 2 saturated heterocycles. The van der Waals surface area contributed by atoms with E-state index in [1.54, 1.807) is 11.0 Å². The van der Waals surface area contributed by atoms with Crippen LogP contribution in [0.2, 0.25) is 0 Å². The van der Waals surface area contributed by atoms with Crippen LogP contribution in [0.25, 0.3) is 0 Å². The number of carbonyl (C=O) groups is 3. The van der Waals surface area contributed by atoms with Crippen LogP contribution >= 0.6 is 15.9 Å². The Hall–Kier alpha value is -1.89. The second-order valence-corrected chi connectivity index (χ2v) is 9.48. The van der Waals surface area contributed by atoms with Gasteiger partial charge in [-0.15, -0.1) is 0 Å². The highest BCUT2D eigenvalue weighted by Gasteiger charge is 2.41. The molecule has 1 unspecified atom stereocenters. The number of hydrogen-bond acceptors (Lipinski definition) is 3. The number of nitrogens with one attached hydrogen (secondary N) is 1. The first-order chi connectivity index (χ1) is 13.2. The highest BCUT2D eigenvalue weighted by Crippen LogP contribution is 2.28. The third-order valence-electron chi connectivity index (χ3n) is 5.54. The average molecular weight is 450 g/mol. The van der Waals surface area contributed by atoms with Crippen molar-refractivity contribution in [3.05, 3.63) is 34.3 Å². The minimum Gasteiger partial charge on any atom is -0.349 e. The van der Waals surface area contributed by atoms with E-state index in [-0.39, 0.29) is 35.2 Å². The van der Waals surface area contributed by atoms with Crippen molar-refractivity contribution in [2.45, 2.75) is 51.6 Å². The molecule has 0 aliphatic carbocycles. The molecule has 7 heteroatoms. The van der Waals surface area contributed by atoms with Crippen molar-refractivity contribution in [2.24, 2.45) is 5.92 Å². The van der Waals surface area contributed by atoms with E-state index in [0.29, 0.717) is 31.6 Å². The van der Waals surface area contributed by atoms with Gasteiger partial charge in [0, 0.05) is 42.1 Å². The molecule has 3 amide bonds. The molecule has 0 aromatic heterocycles. The fourth-order valence-corrected chi connectivity index (χ4v) is 4.40. The van der Waals surface area contributed by atoms with Gasteiger partial charge >= 0.3 is 0 Å². The number of benzene rings is 1. The fraction of sp³-hybridized carbons (Fsp3) is 0.571. The number of amides is 3. The highest BCUT2D eigenvalue weighted by molar-refractivity contribution is 9.10. The van der Waals surface area contributed by atoms with Gasteiger partial charge in [-0.2, -0.15) is 0 Å². The molecule has 1 aromatic rings. The minimum atomic E-state index is -0.255. The molecule has 1 aromatic carbocycles. The zero-order chi connectivity index (χ0) is 20.5. The van der Waals surface area contributed by atoms with Crippen molar-refractivity contribution in [1.82, 2.24) is 15.1 Å². The van der Waals surface area contributed by atoms with Gasteiger partial charge in [0.1, 0.15) is 0 Å². The Labute approximate surface area is 174 Å². The van der Waals surface area contributed by atoms with E-state index in [0.717, 1.165) is 17.3 Å². The topological polar surface area (TPSA) is 69.7 Å². The van der Waals surface area contributed by atoms with E-state index < -0.39 is 0 Å². The Bertz CT molecular complexity index is 766. The maximum atomic E-state index is 12.9. The lowest BCUT2D eigenvalue weighted by atomic mass is 10.0. The first-order valence-corrected chi connectivity index (χ1v) is 10.6. The quantitative estimate of drug-likeness (QED) is 0.770. The first kappa shape index (κ1) is 20.8. The van der Waals surface area contributed by atoms with Crippen LogP contribution in [-0.2, 0) is 9.59 Å². The number of piperidine rings is 1. The predicted molar refractivity (Wildman–Crippen MR) is 111 cm³/mol. The summed E-state index contributed by atoms with van der Waals surface area (Å²) in [5, 5.41) is 3.07. The van der Waals surface area contributed by atoms with Crippen LogP contribution < -0.4 is 5.32 Å². The molecule has 28 heavy (non-hydrogen) atoms. The molecule has 152 valence electrons. The van der Waals surface area contributed by atoms with Crippen molar-refractivity contribution < 1.29 is 14.4 Å². The van der Waals surface area contributed by atoms with Crippen molar-refractivity contribution in [1.29, 1.82) is 0 Å². The summed E-state index contributed by atoms with van der Waals surface area (Å²) in [6.07, 6.45) is 1.76. The molecule has 3 rings (SSSR count). The van der Waals surface area contributed by atoms with Crippen LogP contribution in [0, 0.1) is 5.92 Å². The van der Waals surface area contributed by atoms with E-state index in [2.05, 4.69) is 21.2 Å². The Morgan fingerprint density at radius 1 is 1.14 bits per heavy atom. The first-order valence-electron chi connectivity index (χ1n) is 9.81. The van der Waals surface area contributed by atoms with Gasteiger partial charge in [0.2, 0.25) is 11.8 Å². The largest absolute Gasteiger partial charge is 0.349 e. The third kappa shape index (κ3) is 4.57. The molecule has 1 atom stereocenters. The zero-order valence-electron chi connectivity index (χ0n) is 16.7.